The first kappa shape index (κ1) is 31.5. The van der Waals surface area contributed by atoms with Gasteiger partial charge in [0, 0.05) is 74.8 Å². The van der Waals surface area contributed by atoms with Crippen molar-refractivity contribution in [2.45, 2.75) is 19.8 Å². The van der Waals surface area contributed by atoms with Crippen molar-refractivity contribution in [1.29, 1.82) is 0 Å². The fraction of sp³-hybridized carbons (Fsp3) is 0.323. The molecule has 0 atom stereocenters. The maximum Gasteiger partial charge on any atom is 0.271 e. The Hall–Kier alpha value is -4.95. The van der Waals surface area contributed by atoms with Crippen LogP contribution in [0.1, 0.15) is 38.9 Å². The molecule has 236 valence electrons. The lowest BCUT2D eigenvalue weighted by Gasteiger charge is -2.26. The Morgan fingerprint density at radius 1 is 1.02 bits per heavy atom. The molecule has 0 radical (unpaired) electrons. The molecule has 45 heavy (non-hydrogen) atoms. The number of rotatable bonds is 11. The van der Waals surface area contributed by atoms with Gasteiger partial charge >= 0.3 is 0 Å². The zero-order valence-electron chi connectivity index (χ0n) is 25.2. The molecule has 5 rings (SSSR count). The van der Waals surface area contributed by atoms with E-state index in [2.05, 4.69) is 41.2 Å². The molecule has 2 aromatic heterocycles. The van der Waals surface area contributed by atoms with Gasteiger partial charge in [-0.2, -0.15) is 9.78 Å². The van der Waals surface area contributed by atoms with Crippen LogP contribution in [0.5, 0.6) is 0 Å². The summed E-state index contributed by atoms with van der Waals surface area (Å²) in [5.74, 6) is -2.53. The van der Waals surface area contributed by atoms with Crippen LogP contribution in [0.4, 0.5) is 31.8 Å². The minimum absolute atomic E-state index is 0.107. The Bertz CT molecular complexity index is 1670. The molecule has 2 aromatic carbocycles. The summed E-state index contributed by atoms with van der Waals surface area (Å²) in [7, 11) is 1.73. The minimum atomic E-state index is -3.07. The number of aromatic nitrogens is 4. The maximum atomic E-state index is 13.8. The van der Waals surface area contributed by atoms with Crippen LogP contribution < -0.4 is 21.3 Å². The zero-order valence-corrected chi connectivity index (χ0v) is 25.2. The third-order valence-electron chi connectivity index (χ3n) is 7.27. The SMILES string of the molecule is CNc1cc(-n2nc(C(=O)NCCN3CCOCC3)cc2Nc2cc(NC(=O)c3cccc(C(C)(F)F)c3)ccc2C)ncn1. The summed E-state index contributed by atoms with van der Waals surface area (Å²) in [6, 6.07) is 13.9. The van der Waals surface area contributed by atoms with E-state index in [9.17, 15) is 18.4 Å². The van der Waals surface area contributed by atoms with Gasteiger partial charge in [-0.25, -0.2) is 18.7 Å². The molecule has 2 amide bonds. The van der Waals surface area contributed by atoms with Crippen molar-refractivity contribution in [3.63, 3.8) is 0 Å². The van der Waals surface area contributed by atoms with E-state index in [0.29, 0.717) is 55.1 Å². The molecule has 4 aromatic rings. The fourth-order valence-corrected chi connectivity index (χ4v) is 4.71. The Morgan fingerprint density at radius 2 is 1.82 bits per heavy atom. The Morgan fingerprint density at radius 3 is 2.58 bits per heavy atom. The Labute approximate surface area is 259 Å². The third kappa shape index (κ3) is 7.96. The molecular weight excluding hydrogens is 584 g/mol. The number of amides is 2. The number of carbonyl (C=O) groups excluding carboxylic acids is 2. The number of nitrogens with zero attached hydrogens (tertiary/aromatic N) is 5. The lowest BCUT2D eigenvalue weighted by molar-refractivity contribution is 0.0174. The number of benzene rings is 2. The molecule has 3 heterocycles. The number of ether oxygens (including phenoxy) is 1. The van der Waals surface area contributed by atoms with Crippen molar-refractivity contribution in [2.24, 2.45) is 0 Å². The van der Waals surface area contributed by atoms with Gasteiger partial charge in [0.15, 0.2) is 11.5 Å². The highest BCUT2D eigenvalue weighted by atomic mass is 19.3. The van der Waals surface area contributed by atoms with Gasteiger partial charge in [0.05, 0.1) is 13.2 Å². The lowest BCUT2D eigenvalue weighted by atomic mass is 10.1. The second-order valence-corrected chi connectivity index (χ2v) is 10.6. The summed E-state index contributed by atoms with van der Waals surface area (Å²) < 4.78 is 34.5. The molecule has 0 spiro atoms. The number of hydrogen-bond donors (Lipinski definition) is 4. The summed E-state index contributed by atoms with van der Waals surface area (Å²) in [6.07, 6.45) is 1.39. The number of hydrogen-bond acceptors (Lipinski definition) is 9. The van der Waals surface area contributed by atoms with Crippen LogP contribution in [0, 0.1) is 6.92 Å². The van der Waals surface area contributed by atoms with Gasteiger partial charge in [-0.15, -0.1) is 0 Å². The fourth-order valence-electron chi connectivity index (χ4n) is 4.71. The standard InChI is InChI=1S/C31H35F2N9O3/c1-20-7-8-23(38-29(43)21-5-4-6-22(15-21)31(2,32)33)16-24(20)39-28-17-25(30(44)35-9-10-41-11-13-45-14-12-41)40-42(28)27-18-26(34-3)36-19-37-27/h4-8,15-19,39H,9-14H2,1-3H3,(H,35,44)(H,38,43)(H,34,36,37). The second-order valence-electron chi connectivity index (χ2n) is 10.6. The highest BCUT2D eigenvalue weighted by Gasteiger charge is 2.25. The molecule has 12 nitrogen and oxygen atoms in total. The van der Waals surface area contributed by atoms with Crippen molar-refractivity contribution < 1.29 is 23.1 Å². The van der Waals surface area contributed by atoms with E-state index in [-0.39, 0.29) is 22.7 Å². The number of morpholine rings is 1. The number of anilines is 4. The molecule has 14 heteroatoms. The van der Waals surface area contributed by atoms with Crippen molar-refractivity contribution in [3.05, 3.63) is 83.3 Å². The highest BCUT2D eigenvalue weighted by molar-refractivity contribution is 6.04. The zero-order chi connectivity index (χ0) is 32.0. The topological polar surface area (TPSA) is 138 Å². The highest BCUT2D eigenvalue weighted by Crippen LogP contribution is 2.29. The van der Waals surface area contributed by atoms with E-state index >= 15 is 0 Å². The van der Waals surface area contributed by atoms with Gasteiger partial charge in [-0.3, -0.25) is 14.5 Å². The van der Waals surface area contributed by atoms with Crippen LogP contribution in [0.25, 0.3) is 5.82 Å². The molecule has 0 unspecified atom stereocenters. The maximum absolute atomic E-state index is 13.8. The number of alkyl halides is 2. The van der Waals surface area contributed by atoms with E-state index in [1.165, 1.54) is 35.3 Å². The predicted molar refractivity (Wildman–Crippen MR) is 167 cm³/mol. The van der Waals surface area contributed by atoms with Crippen molar-refractivity contribution >= 4 is 34.8 Å². The largest absolute Gasteiger partial charge is 0.379 e. The van der Waals surface area contributed by atoms with Crippen LogP contribution in [-0.4, -0.2) is 82.9 Å². The number of carbonyl (C=O) groups is 2. The smallest absolute Gasteiger partial charge is 0.271 e. The molecule has 0 aliphatic carbocycles. The summed E-state index contributed by atoms with van der Waals surface area (Å²) in [5.41, 5.74) is 1.93. The van der Waals surface area contributed by atoms with E-state index in [1.54, 1.807) is 37.4 Å². The molecule has 4 N–H and O–H groups in total. The van der Waals surface area contributed by atoms with Crippen molar-refractivity contribution in [2.75, 3.05) is 62.4 Å². The van der Waals surface area contributed by atoms with Crippen LogP contribution in [0.15, 0.2) is 60.9 Å². The molecule has 1 aliphatic heterocycles. The van der Waals surface area contributed by atoms with Gasteiger partial charge in [-0.1, -0.05) is 18.2 Å². The predicted octanol–water partition coefficient (Wildman–Crippen LogP) is 4.18. The second kappa shape index (κ2) is 13.8. The van der Waals surface area contributed by atoms with Gasteiger partial charge in [0.2, 0.25) is 0 Å². The van der Waals surface area contributed by atoms with E-state index < -0.39 is 11.8 Å². The van der Waals surface area contributed by atoms with E-state index in [0.717, 1.165) is 25.6 Å². The number of halogens is 2. The molecule has 0 bridgehead atoms. The van der Waals surface area contributed by atoms with Crippen molar-refractivity contribution in [3.8, 4) is 5.82 Å². The van der Waals surface area contributed by atoms with Crippen LogP contribution in [-0.2, 0) is 10.7 Å². The van der Waals surface area contributed by atoms with Gasteiger partial charge < -0.3 is 26.0 Å². The Kier molecular flexibility index (Phi) is 9.64. The summed E-state index contributed by atoms with van der Waals surface area (Å²) in [6.45, 7) is 6.80. The van der Waals surface area contributed by atoms with Gasteiger partial charge in [0.1, 0.15) is 18.0 Å². The average Bonchev–Trinajstić information content (AvgIpc) is 3.46. The van der Waals surface area contributed by atoms with Gasteiger partial charge in [-0.05, 0) is 36.8 Å². The molecule has 1 fully saturated rings. The minimum Gasteiger partial charge on any atom is -0.379 e. The summed E-state index contributed by atoms with van der Waals surface area (Å²) >= 11 is 0. The lowest BCUT2D eigenvalue weighted by Crippen LogP contribution is -2.41. The summed E-state index contributed by atoms with van der Waals surface area (Å²) in [5, 5.41) is 16.5. The van der Waals surface area contributed by atoms with E-state index in [4.69, 9.17) is 4.74 Å². The Balaban J connectivity index is 1.37. The normalized spacial score (nSPS) is 13.7. The average molecular weight is 620 g/mol. The van der Waals surface area contributed by atoms with Crippen molar-refractivity contribution in [1.82, 2.24) is 30.0 Å². The van der Waals surface area contributed by atoms with Crippen LogP contribution >= 0.6 is 0 Å². The number of nitrogens with one attached hydrogen (secondary N) is 4. The van der Waals surface area contributed by atoms with Crippen LogP contribution in [0.2, 0.25) is 0 Å². The molecule has 1 saturated heterocycles. The monoisotopic (exact) mass is 619 g/mol. The first-order valence-corrected chi connectivity index (χ1v) is 14.5. The summed E-state index contributed by atoms with van der Waals surface area (Å²) in [4.78, 5) is 36.8. The quantitative estimate of drug-likeness (QED) is 0.195. The molecule has 0 saturated carbocycles. The van der Waals surface area contributed by atoms with Gasteiger partial charge in [0.25, 0.3) is 17.7 Å². The van der Waals surface area contributed by atoms with E-state index in [1.807, 2.05) is 6.92 Å². The number of aryl methyl sites for hydroxylation is 1. The third-order valence-corrected chi connectivity index (χ3v) is 7.27. The van der Waals surface area contributed by atoms with Crippen LogP contribution in [0.3, 0.4) is 0 Å². The first-order valence-electron chi connectivity index (χ1n) is 14.5. The molecule has 1 aliphatic rings. The molecular formula is C31H35F2N9O3. The first-order chi connectivity index (χ1) is 21.6.